The molecule has 0 saturated carbocycles. The van der Waals surface area contributed by atoms with Gasteiger partial charge in [0.1, 0.15) is 0 Å². The highest BCUT2D eigenvalue weighted by Gasteiger charge is 2.20. The lowest BCUT2D eigenvalue weighted by Crippen LogP contribution is -2.44. The summed E-state index contributed by atoms with van der Waals surface area (Å²) in [4.78, 5) is 14.9. The van der Waals surface area contributed by atoms with Crippen LogP contribution in [0.25, 0.3) is 0 Å². The monoisotopic (exact) mass is 252 g/mol. The number of carbonyl (C=O) groups is 1. The summed E-state index contributed by atoms with van der Waals surface area (Å²) in [5, 5.41) is 5.46. The zero-order chi connectivity index (χ0) is 12.3. The number of thiophene rings is 1. The molecule has 4 heteroatoms. The Bertz CT molecular complexity index is 383. The van der Waals surface area contributed by atoms with Crippen molar-refractivity contribution in [3.8, 4) is 0 Å². The van der Waals surface area contributed by atoms with E-state index in [0.717, 1.165) is 23.5 Å². The van der Waals surface area contributed by atoms with Crippen molar-refractivity contribution in [1.29, 1.82) is 0 Å². The Balaban J connectivity index is 1.93. The number of likely N-dealkylation sites (N-methyl/N-ethyl adjacent to an activating group) is 1. The average Bonchev–Trinajstić information content (AvgIpc) is 2.76. The lowest BCUT2D eigenvalue weighted by molar-refractivity contribution is 0.0779. The minimum atomic E-state index is 0.157. The molecule has 1 atom stereocenters. The van der Waals surface area contributed by atoms with Gasteiger partial charge in [0.2, 0.25) is 0 Å². The van der Waals surface area contributed by atoms with Crippen LogP contribution in [0.1, 0.15) is 34.5 Å². The number of hydrogen-bond acceptors (Lipinski definition) is 3. The second-order valence-electron chi connectivity index (χ2n) is 4.77. The normalized spacial score (nSPS) is 20.2. The third-order valence-electron chi connectivity index (χ3n) is 3.31. The number of amides is 1. The van der Waals surface area contributed by atoms with Gasteiger partial charge in [0, 0.05) is 19.6 Å². The molecule has 1 saturated heterocycles. The summed E-state index contributed by atoms with van der Waals surface area (Å²) in [5.74, 6) is 0.157. The van der Waals surface area contributed by atoms with Gasteiger partial charge in [-0.1, -0.05) is 6.42 Å². The van der Waals surface area contributed by atoms with E-state index in [0.29, 0.717) is 6.04 Å². The van der Waals surface area contributed by atoms with Crippen molar-refractivity contribution in [2.75, 3.05) is 20.1 Å². The molecule has 17 heavy (non-hydrogen) atoms. The maximum Gasteiger partial charge on any atom is 0.263 e. The van der Waals surface area contributed by atoms with Crippen LogP contribution < -0.4 is 5.32 Å². The Kier molecular flexibility index (Phi) is 4.18. The third-order valence-corrected chi connectivity index (χ3v) is 4.31. The van der Waals surface area contributed by atoms with E-state index in [1.165, 1.54) is 30.6 Å². The van der Waals surface area contributed by atoms with Crippen molar-refractivity contribution in [3.63, 3.8) is 0 Å². The highest BCUT2D eigenvalue weighted by molar-refractivity contribution is 7.12. The van der Waals surface area contributed by atoms with Gasteiger partial charge in [-0.3, -0.25) is 4.79 Å². The van der Waals surface area contributed by atoms with Crippen LogP contribution in [0.2, 0.25) is 0 Å². The molecular formula is C13H20N2OS. The Morgan fingerprint density at radius 3 is 3.00 bits per heavy atom. The van der Waals surface area contributed by atoms with Gasteiger partial charge in [0.15, 0.2) is 0 Å². The minimum Gasteiger partial charge on any atom is -0.339 e. The number of carbonyl (C=O) groups excluding carboxylic acids is 1. The molecule has 1 amide bonds. The molecule has 1 aliphatic rings. The first-order chi connectivity index (χ1) is 8.18. The Morgan fingerprint density at radius 2 is 2.41 bits per heavy atom. The maximum atomic E-state index is 12.2. The van der Waals surface area contributed by atoms with Gasteiger partial charge in [-0.05, 0) is 43.3 Å². The smallest absolute Gasteiger partial charge is 0.263 e. The number of piperidine rings is 1. The van der Waals surface area contributed by atoms with Crippen molar-refractivity contribution in [2.45, 2.75) is 32.2 Å². The molecule has 0 aromatic carbocycles. The van der Waals surface area contributed by atoms with Crippen molar-refractivity contribution < 1.29 is 4.79 Å². The first-order valence-corrected chi connectivity index (χ1v) is 7.09. The van der Waals surface area contributed by atoms with Gasteiger partial charge in [0.25, 0.3) is 5.91 Å². The van der Waals surface area contributed by atoms with Crippen molar-refractivity contribution in [3.05, 3.63) is 21.9 Å². The predicted molar refractivity (Wildman–Crippen MR) is 71.7 cm³/mol. The molecule has 2 heterocycles. The summed E-state index contributed by atoms with van der Waals surface area (Å²) in [5.41, 5.74) is 1.09. The second kappa shape index (κ2) is 5.65. The van der Waals surface area contributed by atoms with Gasteiger partial charge in [0.05, 0.1) is 4.88 Å². The topological polar surface area (TPSA) is 32.3 Å². The van der Waals surface area contributed by atoms with E-state index in [9.17, 15) is 4.79 Å². The molecule has 1 aromatic rings. The summed E-state index contributed by atoms with van der Waals surface area (Å²) in [6.45, 7) is 3.90. The van der Waals surface area contributed by atoms with Crippen molar-refractivity contribution >= 4 is 17.2 Å². The maximum absolute atomic E-state index is 12.2. The van der Waals surface area contributed by atoms with E-state index < -0.39 is 0 Å². The highest BCUT2D eigenvalue weighted by Crippen LogP contribution is 2.18. The highest BCUT2D eigenvalue weighted by atomic mass is 32.1. The van der Waals surface area contributed by atoms with Crippen LogP contribution in [-0.4, -0.2) is 37.0 Å². The van der Waals surface area contributed by atoms with Gasteiger partial charge in [-0.15, -0.1) is 11.3 Å². The fraction of sp³-hybridized carbons (Fsp3) is 0.615. The minimum absolute atomic E-state index is 0.157. The van der Waals surface area contributed by atoms with Crippen LogP contribution in [-0.2, 0) is 0 Å². The first-order valence-electron chi connectivity index (χ1n) is 6.21. The fourth-order valence-electron chi connectivity index (χ4n) is 2.26. The lowest BCUT2D eigenvalue weighted by Gasteiger charge is -2.28. The third kappa shape index (κ3) is 3.07. The Hall–Kier alpha value is -0.870. The number of hydrogen-bond donors (Lipinski definition) is 1. The predicted octanol–water partition coefficient (Wildman–Crippen LogP) is 2.27. The molecule has 3 nitrogen and oxygen atoms in total. The summed E-state index contributed by atoms with van der Waals surface area (Å²) >= 11 is 1.54. The standard InChI is InChI=1S/C13H20N2OS/c1-10-6-8-17-12(10)13(16)15(2)9-11-5-3-4-7-14-11/h6,8,11,14H,3-5,7,9H2,1-2H3/t11-/m1/s1. The van der Waals surface area contributed by atoms with E-state index in [1.54, 1.807) is 0 Å². The van der Waals surface area contributed by atoms with Crippen LogP contribution in [0.15, 0.2) is 11.4 Å². The molecule has 1 fully saturated rings. The van der Waals surface area contributed by atoms with E-state index in [4.69, 9.17) is 0 Å². The van der Waals surface area contributed by atoms with Crippen LogP contribution in [0, 0.1) is 6.92 Å². The van der Waals surface area contributed by atoms with Gasteiger partial charge < -0.3 is 10.2 Å². The van der Waals surface area contributed by atoms with Crippen LogP contribution >= 0.6 is 11.3 Å². The summed E-state index contributed by atoms with van der Waals surface area (Å²) in [6, 6.07) is 2.47. The number of aryl methyl sites for hydroxylation is 1. The zero-order valence-corrected chi connectivity index (χ0v) is 11.3. The van der Waals surface area contributed by atoms with E-state index in [-0.39, 0.29) is 5.91 Å². The number of nitrogens with zero attached hydrogens (tertiary/aromatic N) is 1. The molecule has 1 aliphatic heterocycles. The zero-order valence-electron chi connectivity index (χ0n) is 10.5. The largest absolute Gasteiger partial charge is 0.339 e. The number of rotatable bonds is 3. The first kappa shape index (κ1) is 12.6. The van der Waals surface area contributed by atoms with Crippen molar-refractivity contribution in [1.82, 2.24) is 10.2 Å². The fourth-order valence-corrected chi connectivity index (χ4v) is 3.18. The van der Waals surface area contributed by atoms with Crippen molar-refractivity contribution in [2.24, 2.45) is 0 Å². The van der Waals surface area contributed by atoms with Crippen LogP contribution in [0.3, 0.4) is 0 Å². The molecule has 94 valence electrons. The SMILES string of the molecule is Cc1ccsc1C(=O)N(C)C[C@H]1CCCCN1. The molecule has 0 bridgehead atoms. The molecule has 0 spiro atoms. The van der Waals surface area contributed by atoms with E-state index in [2.05, 4.69) is 5.32 Å². The van der Waals surface area contributed by atoms with Gasteiger partial charge in [-0.2, -0.15) is 0 Å². The molecule has 0 radical (unpaired) electrons. The molecule has 0 unspecified atom stereocenters. The quantitative estimate of drug-likeness (QED) is 0.895. The number of nitrogens with one attached hydrogen (secondary N) is 1. The van der Waals surface area contributed by atoms with E-state index >= 15 is 0 Å². The molecular weight excluding hydrogens is 232 g/mol. The summed E-state index contributed by atoms with van der Waals surface area (Å²) < 4.78 is 0. The van der Waals surface area contributed by atoms with Gasteiger partial charge in [-0.25, -0.2) is 0 Å². The molecule has 1 aromatic heterocycles. The van der Waals surface area contributed by atoms with Gasteiger partial charge >= 0.3 is 0 Å². The molecule has 1 N–H and O–H groups in total. The lowest BCUT2D eigenvalue weighted by atomic mass is 10.0. The van der Waals surface area contributed by atoms with Crippen LogP contribution in [0.5, 0.6) is 0 Å². The second-order valence-corrected chi connectivity index (χ2v) is 5.68. The Labute approximate surface area is 107 Å². The summed E-state index contributed by atoms with van der Waals surface area (Å²) in [6.07, 6.45) is 3.72. The summed E-state index contributed by atoms with van der Waals surface area (Å²) in [7, 11) is 1.90. The molecule has 0 aliphatic carbocycles. The Morgan fingerprint density at radius 1 is 1.59 bits per heavy atom. The average molecular weight is 252 g/mol. The van der Waals surface area contributed by atoms with Crippen LogP contribution in [0.4, 0.5) is 0 Å². The van der Waals surface area contributed by atoms with E-state index in [1.807, 2.05) is 30.3 Å². The molecule has 2 rings (SSSR count).